The second-order valence-electron chi connectivity index (χ2n) is 4.07. The molecule has 88 valence electrons. The smallest absolute Gasteiger partial charge is 0.298 e. The minimum atomic E-state index is -0.447. The number of terminal acetylenes is 1. The molecule has 0 bridgehead atoms. The van der Waals surface area contributed by atoms with Gasteiger partial charge >= 0.3 is 5.69 Å². The molecule has 0 aromatic carbocycles. The second-order valence-corrected chi connectivity index (χ2v) is 5.16. The van der Waals surface area contributed by atoms with Gasteiger partial charge in [0, 0.05) is 4.88 Å². The Bertz CT molecular complexity index is 713. The number of fused-ring (bicyclic) bond motifs is 1. The van der Waals surface area contributed by atoms with Gasteiger partial charge in [-0.1, -0.05) is 19.8 Å². The molecule has 2 heterocycles. The summed E-state index contributed by atoms with van der Waals surface area (Å²) >= 11 is 1.44. The van der Waals surface area contributed by atoms with Crippen LogP contribution in [0.15, 0.2) is 15.7 Å². The average molecular weight is 248 g/mol. The van der Waals surface area contributed by atoms with Gasteiger partial charge in [-0.2, -0.15) is 0 Å². The van der Waals surface area contributed by atoms with E-state index in [0.717, 1.165) is 9.44 Å². The van der Waals surface area contributed by atoms with Crippen LogP contribution in [0.5, 0.6) is 0 Å². The van der Waals surface area contributed by atoms with E-state index in [-0.39, 0.29) is 12.1 Å². The van der Waals surface area contributed by atoms with E-state index in [1.807, 2.05) is 19.9 Å². The number of aromatic amines is 1. The molecule has 0 unspecified atom stereocenters. The minimum Gasteiger partial charge on any atom is -0.298 e. The van der Waals surface area contributed by atoms with Crippen molar-refractivity contribution in [1.29, 1.82) is 0 Å². The normalized spacial score (nSPS) is 10.9. The highest BCUT2D eigenvalue weighted by Crippen LogP contribution is 2.26. The molecule has 0 radical (unpaired) electrons. The number of hydrogen-bond donors (Lipinski definition) is 1. The first-order chi connectivity index (χ1) is 8.04. The fourth-order valence-electron chi connectivity index (χ4n) is 1.58. The number of nitrogens with one attached hydrogen (secondary N) is 1. The van der Waals surface area contributed by atoms with Gasteiger partial charge in [0.2, 0.25) is 0 Å². The van der Waals surface area contributed by atoms with Gasteiger partial charge in [-0.25, -0.2) is 9.36 Å². The molecular weight excluding hydrogens is 236 g/mol. The van der Waals surface area contributed by atoms with Crippen molar-refractivity contribution in [2.24, 2.45) is 0 Å². The Morgan fingerprint density at radius 2 is 2.24 bits per heavy atom. The van der Waals surface area contributed by atoms with Crippen molar-refractivity contribution < 1.29 is 0 Å². The molecule has 0 aliphatic carbocycles. The predicted molar refractivity (Wildman–Crippen MR) is 69.6 cm³/mol. The molecule has 0 amide bonds. The van der Waals surface area contributed by atoms with E-state index in [1.165, 1.54) is 11.3 Å². The third-order valence-electron chi connectivity index (χ3n) is 2.51. The highest BCUT2D eigenvalue weighted by Gasteiger charge is 2.12. The van der Waals surface area contributed by atoms with Gasteiger partial charge in [0.25, 0.3) is 5.56 Å². The van der Waals surface area contributed by atoms with Crippen molar-refractivity contribution in [1.82, 2.24) is 9.55 Å². The molecule has 2 rings (SSSR count). The Kier molecular flexibility index (Phi) is 2.90. The van der Waals surface area contributed by atoms with Gasteiger partial charge < -0.3 is 0 Å². The minimum absolute atomic E-state index is 0.00301. The predicted octanol–water partition coefficient (Wildman–Crippen LogP) is 1.51. The van der Waals surface area contributed by atoms with Gasteiger partial charge in [-0.05, 0) is 12.0 Å². The summed E-state index contributed by atoms with van der Waals surface area (Å²) in [4.78, 5) is 28.1. The number of rotatable bonds is 2. The summed E-state index contributed by atoms with van der Waals surface area (Å²) in [6.07, 6.45) is 5.14. The SMILES string of the molecule is C#CCn1c(=O)[nH]c2sc(C(C)C)cc2c1=O. The largest absolute Gasteiger partial charge is 0.330 e. The molecule has 0 aliphatic rings. The molecule has 0 saturated heterocycles. The molecule has 0 atom stereocenters. The van der Waals surface area contributed by atoms with Crippen LogP contribution in [0.25, 0.3) is 10.2 Å². The monoisotopic (exact) mass is 248 g/mol. The Morgan fingerprint density at radius 1 is 1.53 bits per heavy atom. The van der Waals surface area contributed by atoms with Crippen LogP contribution in [0.1, 0.15) is 24.6 Å². The van der Waals surface area contributed by atoms with Crippen molar-refractivity contribution in [2.75, 3.05) is 0 Å². The summed E-state index contributed by atoms with van der Waals surface area (Å²) in [5.74, 6) is 2.64. The number of H-pyrrole nitrogens is 1. The fourth-order valence-corrected chi connectivity index (χ4v) is 2.63. The number of aromatic nitrogens is 2. The number of nitrogens with zero attached hydrogens (tertiary/aromatic N) is 1. The highest BCUT2D eigenvalue weighted by atomic mass is 32.1. The van der Waals surface area contributed by atoms with Crippen LogP contribution in [-0.4, -0.2) is 9.55 Å². The van der Waals surface area contributed by atoms with Crippen LogP contribution in [0, 0.1) is 12.3 Å². The maximum atomic E-state index is 12.0. The maximum Gasteiger partial charge on any atom is 0.330 e. The first-order valence-corrected chi connectivity index (χ1v) is 6.06. The summed E-state index contributed by atoms with van der Waals surface area (Å²) in [6.45, 7) is 4.09. The molecule has 1 N–H and O–H groups in total. The first-order valence-electron chi connectivity index (χ1n) is 5.24. The molecule has 17 heavy (non-hydrogen) atoms. The second kappa shape index (κ2) is 4.22. The third kappa shape index (κ3) is 1.92. The van der Waals surface area contributed by atoms with Crippen molar-refractivity contribution in [3.63, 3.8) is 0 Å². The molecule has 2 aromatic rings. The summed E-state index contributed by atoms with van der Waals surface area (Å²) in [7, 11) is 0. The Morgan fingerprint density at radius 3 is 2.82 bits per heavy atom. The lowest BCUT2D eigenvalue weighted by molar-refractivity contribution is 0.743. The van der Waals surface area contributed by atoms with E-state index in [0.29, 0.717) is 16.1 Å². The lowest BCUT2D eigenvalue weighted by Gasteiger charge is -1.98. The van der Waals surface area contributed by atoms with Crippen molar-refractivity contribution in [2.45, 2.75) is 26.3 Å². The molecule has 0 aliphatic heterocycles. The van der Waals surface area contributed by atoms with E-state index in [9.17, 15) is 9.59 Å². The van der Waals surface area contributed by atoms with Crippen LogP contribution in [-0.2, 0) is 6.54 Å². The first kappa shape index (κ1) is 11.7. The zero-order valence-electron chi connectivity index (χ0n) is 9.61. The van der Waals surface area contributed by atoms with Gasteiger partial charge in [0.15, 0.2) is 0 Å². The summed E-state index contributed by atoms with van der Waals surface area (Å²) < 4.78 is 1.04. The van der Waals surface area contributed by atoms with Gasteiger partial charge in [0.1, 0.15) is 4.83 Å². The Labute approximate surface area is 102 Å². The van der Waals surface area contributed by atoms with Crippen LogP contribution in [0.4, 0.5) is 0 Å². The quantitative estimate of drug-likeness (QED) is 0.819. The number of thiophene rings is 1. The van der Waals surface area contributed by atoms with E-state index < -0.39 is 5.69 Å². The Balaban J connectivity index is 2.80. The van der Waals surface area contributed by atoms with Gasteiger partial charge in [0.05, 0.1) is 11.9 Å². The van der Waals surface area contributed by atoms with Crippen molar-refractivity contribution in [3.05, 3.63) is 31.8 Å². The zero-order valence-corrected chi connectivity index (χ0v) is 10.4. The molecule has 0 saturated carbocycles. The third-order valence-corrected chi connectivity index (χ3v) is 3.86. The molecular formula is C12H12N2O2S. The van der Waals surface area contributed by atoms with E-state index in [4.69, 9.17) is 6.42 Å². The average Bonchev–Trinajstić information content (AvgIpc) is 2.68. The standard InChI is InChI=1S/C12H12N2O2S/c1-4-5-14-11(15)8-6-9(7(2)3)17-10(8)13-12(14)16/h1,6-7H,5H2,2-3H3,(H,13,16). The van der Waals surface area contributed by atoms with Crippen LogP contribution < -0.4 is 11.2 Å². The molecule has 4 nitrogen and oxygen atoms in total. The van der Waals surface area contributed by atoms with Crippen molar-refractivity contribution in [3.8, 4) is 12.3 Å². The molecule has 2 aromatic heterocycles. The summed E-state index contributed by atoms with van der Waals surface area (Å²) in [5.41, 5.74) is -0.762. The highest BCUT2D eigenvalue weighted by molar-refractivity contribution is 7.18. The van der Waals surface area contributed by atoms with Crippen LogP contribution >= 0.6 is 11.3 Å². The number of hydrogen-bond acceptors (Lipinski definition) is 3. The topological polar surface area (TPSA) is 54.9 Å². The van der Waals surface area contributed by atoms with Gasteiger partial charge in [-0.15, -0.1) is 17.8 Å². The van der Waals surface area contributed by atoms with Crippen molar-refractivity contribution >= 4 is 21.6 Å². The van der Waals surface area contributed by atoms with Crippen LogP contribution in [0.3, 0.4) is 0 Å². The zero-order chi connectivity index (χ0) is 12.6. The Hall–Kier alpha value is -1.80. The van der Waals surface area contributed by atoms with Gasteiger partial charge in [-0.3, -0.25) is 9.78 Å². The summed E-state index contributed by atoms with van der Waals surface area (Å²) in [6, 6.07) is 1.83. The molecule has 0 spiro atoms. The van der Waals surface area contributed by atoms with E-state index >= 15 is 0 Å². The van der Waals surface area contributed by atoms with Crippen LogP contribution in [0.2, 0.25) is 0 Å². The molecule has 0 fully saturated rings. The van der Waals surface area contributed by atoms with E-state index in [2.05, 4.69) is 10.9 Å². The van der Waals surface area contributed by atoms with E-state index in [1.54, 1.807) is 0 Å². The lowest BCUT2D eigenvalue weighted by atomic mass is 10.2. The fraction of sp³-hybridized carbons (Fsp3) is 0.333. The summed E-state index contributed by atoms with van der Waals surface area (Å²) in [5, 5.41) is 0.536. The maximum absolute atomic E-state index is 12.0. The lowest BCUT2D eigenvalue weighted by Crippen LogP contribution is -2.34. The molecule has 5 heteroatoms.